The van der Waals surface area contributed by atoms with Crippen molar-refractivity contribution in [3.63, 3.8) is 0 Å². The van der Waals surface area contributed by atoms with Crippen LogP contribution in [0.5, 0.6) is 0 Å². The van der Waals surface area contributed by atoms with Gasteiger partial charge in [-0.25, -0.2) is 4.98 Å². The number of nitrogens with zero attached hydrogens (tertiary/aromatic N) is 2. The number of nitrogens with one attached hydrogen (secondary N) is 1. The monoisotopic (exact) mass is 317 g/mol. The van der Waals surface area contributed by atoms with E-state index in [1.54, 1.807) is 14.0 Å². The quantitative estimate of drug-likeness (QED) is 0.692. The molecular formula is C15H15N3O3S. The molecule has 0 spiro atoms. The predicted molar refractivity (Wildman–Crippen MR) is 86.6 cm³/mol. The number of fused-ring (bicyclic) bond motifs is 1. The number of aryl methyl sites for hydroxylation is 1. The minimum Gasteiger partial charge on any atom is -0.441 e. The van der Waals surface area contributed by atoms with Crippen molar-refractivity contribution < 1.29 is 13.9 Å². The summed E-state index contributed by atoms with van der Waals surface area (Å²) in [6.45, 7) is 2.86. The van der Waals surface area contributed by atoms with Gasteiger partial charge < -0.3 is 14.5 Å². The van der Waals surface area contributed by atoms with E-state index in [1.807, 2.05) is 24.3 Å². The Balaban J connectivity index is 1.81. The summed E-state index contributed by atoms with van der Waals surface area (Å²) in [5.41, 5.74) is 2.41. The van der Waals surface area contributed by atoms with Gasteiger partial charge in [-0.1, -0.05) is 6.07 Å². The molecule has 114 valence electrons. The topological polar surface area (TPSA) is 76.7 Å². The van der Waals surface area contributed by atoms with Crippen LogP contribution in [-0.4, -0.2) is 36.3 Å². The van der Waals surface area contributed by atoms with Crippen LogP contribution < -0.4 is 5.32 Å². The van der Waals surface area contributed by atoms with Crippen molar-refractivity contribution >= 4 is 40.0 Å². The molecule has 1 aromatic heterocycles. The van der Waals surface area contributed by atoms with Crippen molar-refractivity contribution in [2.45, 2.75) is 6.92 Å². The van der Waals surface area contributed by atoms with Crippen molar-refractivity contribution in [1.29, 1.82) is 0 Å². The predicted octanol–water partition coefficient (Wildman–Crippen LogP) is 2.34. The summed E-state index contributed by atoms with van der Waals surface area (Å²) >= 11 is 1.32. The molecule has 1 fully saturated rings. The van der Waals surface area contributed by atoms with Gasteiger partial charge in [0.05, 0.1) is 18.1 Å². The van der Waals surface area contributed by atoms with Gasteiger partial charge in [0.1, 0.15) is 5.52 Å². The number of carbonyl (C=O) groups is 1. The highest BCUT2D eigenvalue weighted by Gasteiger charge is 2.23. The van der Waals surface area contributed by atoms with Gasteiger partial charge in [-0.15, -0.1) is 0 Å². The van der Waals surface area contributed by atoms with Crippen LogP contribution in [0.2, 0.25) is 0 Å². The normalized spacial score (nSPS) is 18.5. The molecule has 22 heavy (non-hydrogen) atoms. The van der Waals surface area contributed by atoms with E-state index in [0.29, 0.717) is 34.7 Å². The first-order valence-corrected chi connectivity index (χ1v) is 7.59. The zero-order valence-corrected chi connectivity index (χ0v) is 13.1. The lowest BCUT2D eigenvalue weighted by Crippen LogP contribution is -2.20. The fourth-order valence-corrected chi connectivity index (χ4v) is 2.88. The van der Waals surface area contributed by atoms with E-state index in [9.17, 15) is 4.79 Å². The lowest BCUT2D eigenvalue weighted by molar-refractivity contribution is -0.115. The van der Waals surface area contributed by atoms with Gasteiger partial charge in [-0.3, -0.25) is 9.79 Å². The third kappa shape index (κ3) is 3.20. The first-order chi connectivity index (χ1) is 10.7. The number of oxazole rings is 1. The highest BCUT2D eigenvalue weighted by atomic mass is 32.2. The van der Waals surface area contributed by atoms with Crippen molar-refractivity contribution in [3.8, 4) is 0 Å². The first-order valence-electron chi connectivity index (χ1n) is 6.77. The molecule has 0 radical (unpaired) electrons. The summed E-state index contributed by atoms with van der Waals surface area (Å²) in [4.78, 5) is 21.1. The van der Waals surface area contributed by atoms with Crippen LogP contribution in [0.4, 0.5) is 0 Å². The van der Waals surface area contributed by atoms with Crippen LogP contribution >= 0.6 is 11.8 Å². The second kappa shape index (κ2) is 6.33. The van der Waals surface area contributed by atoms with E-state index in [0.717, 1.165) is 11.1 Å². The first kappa shape index (κ1) is 14.8. The number of ether oxygens (including phenoxy) is 1. The van der Waals surface area contributed by atoms with E-state index in [-0.39, 0.29) is 5.91 Å². The molecule has 3 rings (SSSR count). The van der Waals surface area contributed by atoms with Crippen molar-refractivity contribution in [2.24, 2.45) is 4.99 Å². The molecule has 6 nitrogen and oxygen atoms in total. The fraction of sp³-hybridized carbons (Fsp3) is 0.267. The Morgan fingerprint density at radius 2 is 2.36 bits per heavy atom. The maximum absolute atomic E-state index is 11.9. The minimum atomic E-state index is -0.144. The van der Waals surface area contributed by atoms with Gasteiger partial charge in [0.2, 0.25) is 0 Å². The van der Waals surface area contributed by atoms with Crippen molar-refractivity contribution in [1.82, 2.24) is 10.3 Å². The lowest BCUT2D eigenvalue weighted by atomic mass is 10.2. The molecule has 7 heteroatoms. The number of aliphatic imine (C=N–C) groups is 1. The second-order valence-electron chi connectivity index (χ2n) is 4.70. The number of thioether (sulfide) groups is 1. The Morgan fingerprint density at radius 3 is 3.18 bits per heavy atom. The van der Waals surface area contributed by atoms with Gasteiger partial charge >= 0.3 is 0 Å². The molecule has 1 amide bonds. The molecule has 0 aliphatic carbocycles. The summed E-state index contributed by atoms with van der Waals surface area (Å²) in [6.07, 6.45) is 1.82. The third-order valence-electron chi connectivity index (χ3n) is 3.02. The third-order valence-corrected chi connectivity index (χ3v) is 3.97. The number of rotatable bonds is 4. The average Bonchev–Trinajstić information content (AvgIpc) is 3.01. The average molecular weight is 317 g/mol. The Labute approximate surface area is 131 Å². The fourth-order valence-electron chi connectivity index (χ4n) is 2.04. The summed E-state index contributed by atoms with van der Waals surface area (Å²) in [5, 5.41) is 3.34. The van der Waals surface area contributed by atoms with E-state index in [1.165, 1.54) is 11.8 Å². The highest BCUT2D eigenvalue weighted by molar-refractivity contribution is 8.18. The number of benzene rings is 1. The number of aromatic nitrogens is 1. The molecule has 0 atom stereocenters. The van der Waals surface area contributed by atoms with E-state index in [4.69, 9.17) is 9.15 Å². The van der Waals surface area contributed by atoms with E-state index >= 15 is 0 Å². The zero-order chi connectivity index (χ0) is 15.5. The van der Waals surface area contributed by atoms with Gasteiger partial charge in [-0.2, -0.15) is 0 Å². The Hall–Kier alpha value is -2.12. The molecule has 0 saturated carbocycles. The van der Waals surface area contributed by atoms with Crippen LogP contribution in [0.1, 0.15) is 11.5 Å². The number of hydrogen-bond donors (Lipinski definition) is 1. The number of methoxy groups -OCH3 is 1. The maximum Gasteiger partial charge on any atom is 0.264 e. The Kier molecular flexibility index (Phi) is 4.26. The second-order valence-corrected chi connectivity index (χ2v) is 5.74. The molecule has 2 heterocycles. The van der Waals surface area contributed by atoms with Gasteiger partial charge in [0.25, 0.3) is 5.91 Å². The smallest absolute Gasteiger partial charge is 0.264 e. The summed E-state index contributed by atoms with van der Waals surface area (Å²) in [7, 11) is 1.62. The standard InChI is InChI=1S/C15H15N3O3S/c1-9-17-11-4-3-10(7-12(11)21-9)8-13-14(19)18-15(22-13)16-5-6-20-2/h3-4,7-8H,5-6H2,1-2H3,(H,16,18,19)/b13-8-. The molecule has 1 aliphatic heterocycles. The molecule has 1 N–H and O–H groups in total. The molecule has 0 unspecified atom stereocenters. The number of hydrogen-bond acceptors (Lipinski definition) is 6. The summed E-state index contributed by atoms with van der Waals surface area (Å²) in [5.74, 6) is 0.482. The van der Waals surface area contributed by atoms with Crippen LogP contribution in [0.15, 0.2) is 32.5 Å². The summed E-state index contributed by atoms with van der Waals surface area (Å²) < 4.78 is 10.4. The Morgan fingerprint density at radius 1 is 1.50 bits per heavy atom. The van der Waals surface area contributed by atoms with Crippen LogP contribution in [0.3, 0.4) is 0 Å². The van der Waals surface area contributed by atoms with Crippen LogP contribution in [0.25, 0.3) is 17.2 Å². The van der Waals surface area contributed by atoms with Crippen molar-refractivity contribution in [2.75, 3.05) is 20.3 Å². The Bertz CT molecular complexity index is 779. The van der Waals surface area contributed by atoms with Crippen LogP contribution in [0, 0.1) is 6.92 Å². The largest absolute Gasteiger partial charge is 0.441 e. The van der Waals surface area contributed by atoms with Gasteiger partial charge in [-0.05, 0) is 35.5 Å². The maximum atomic E-state index is 11.9. The number of amidine groups is 1. The molecule has 1 aromatic carbocycles. The number of carbonyl (C=O) groups excluding carboxylic acids is 1. The van der Waals surface area contributed by atoms with Crippen molar-refractivity contribution in [3.05, 3.63) is 34.6 Å². The van der Waals surface area contributed by atoms with Crippen LogP contribution in [-0.2, 0) is 9.53 Å². The molecule has 0 bridgehead atoms. The molecule has 2 aromatic rings. The highest BCUT2D eigenvalue weighted by Crippen LogP contribution is 2.27. The zero-order valence-electron chi connectivity index (χ0n) is 12.3. The minimum absolute atomic E-state index is 0.144. The molecular weight excluding hydrogens is 302 g/mol. The summed E-state index contributed by atoms with van der Waals surface area (Å²) in [6, 6.07) is 5.66. The van der Waals surface area contributed by atoms with Gasteiger partial charge in [0, 0.05) is 14.0 Å². The van der Waals surface area contributed by atoms with E-state index < -0.39 is 0 Å². The van der Waals surface area contributed by atoms with Gasteiger partial charge in [0.15, 0.2) is 16.6 Å². The SMILES string of the molecule is COCC/N=C1/NC(=O)/C(=C/c2ccc3nc(C)oc3c2)S1. The molecule has 1 aliphatic rings. The van der Waals surface area contributed by atoms with E-state index in [2.05, 4.69) is 15.3 Å². The number of amides is 1. The molecule has 1 saturated heterocycles. The lowest BCUT2D eigenvalue weighted by Gasteiger charge is -1.95.